The van der Waals surface area contributed by atoms with Crippen LogP contribution in [0, 0.1) is 0 Å². The molecule has 1 aromatic carbocycles. The van der Waals surface area contributed by atoms with Gasteiger partial charge in [-0.15, -0.1) is 0 Å². The summed E-state index contributed by atoms with van der Waals surface area (Å²) in [5, 5.41) is 8.32. The second kappa shape index (κ2) is 9.28. The molecular weight excluding hydrogens is 242 g/mol. The fourth-order valence-corrected chi connectivity index (χ4v) is 1.96. The molecule has 0 bridgehead atoms. The number of hydrogen-bond donors (Lipinski definition) is 2. The molecule has 0 saturated carbocycles. The Kier molecular flexibility index (Phi) is 7.51. The molecule has 0 aliphatic carbocycles. The summed E-state index contributed by atoms with van der Waals surface area (Å²) < 4.78 is 0. The molecule has 104 valence electrons. The maximum absolute atomic E-state index is 10.8. The Bertz CT molecular complexity index is 387. The van der Waals surface area contributed by atoms with E-state index in [0.29, 0.717) is 12.0 Å². The first-order valence-corrected chi connectivity index (χ1v) is 6.73. The van der Waals surface area contributed by atoms with E-state index in [2.05, 4.69) is 0 Å². The molecule has 0 aliphatic heterocycles. The molecule has 0 unspecified atom stereocenters. The summed E-state index contributed by atoms with van der Waals surface area (Å²) in [6.07, 6.45) is 7.46. The summed E-state index contributed by atoms with van der Waals surface area (Å²) in [4.78, 5) is 21.3. The Morgan fingerprint density at radius 2 is 1.68 bits per heavy atom. The van der Waals surface area contributed by atoms with E-state index in [9.17, 15) is 9.59 Å². The molecule has 0 aromatic heterocycles. The minimum Gasteiger partial charge on any atom is -0.298 e. The molecule has 1 aromatic rings. The van der Waals surface area contributed by atoms with Crippen LogP contribution in [-0.2, 0) is 11.2 Å². The van der Waals surface area contributed by atoms with Crippen molar-refractivity contribution in [3.8, 4) is 0 Å². The van der Waals surface area contributed by atoms with Crippen LogP contribution in [0.25, 0.3) is 0 Å². The minimum absolute atomic E-state index is 0.310. The molecule has 1 rings (SSSR count). The van der Waals surface area contributed by atoms with Gasteiger partial charge in [0, 0.05) is 12.0 Å². The van der Waals surface area contributed by atoms with E-state index in [1.807, 2.05) is 24.3 Å². The summed E-state index contributed by atoms with van der Waals surface area (Å²) in [7, 11) is 0. The number of rotatable bonds is 9. The number of aldehydes is 1. The van der Waals surface area contributed by atoms with E-state index in [0.717, 1.165) is 44.8 Å². The Morgan fingerprint density at radius 1 is 1.05 bits per heavy atom. The molecule has 0 aliphatic rings. The van der Waals surface area contributed by atoms with Crippen LogP contribution >= 0.6 is 0 Å². The van der Waals surface area contributed by atoms with Crippen LogP contribution in [0.2, 0.25) is 0 Å². The van der Waals surface area contributed by atoms with Crippen LogP contribution < -0.4 is 5.48 Å². The Morgan fingerprint density at radius 3 is 2.32 bits per heavy atom. The van der Waals surface area contributed by atoms with Crippen LogP contribution in [0.15, 0.2) is 24.3 Å². The maximum Gasteiger partial charge on any atom is 0.243 e. The second-order valence-electron chi connectivity index (χ2n) is 4.66. The van der Waals surface area contributed by atoms with Gasteiger partial charge in [0.2, 0.25) is 5.91 Å². The van der Waals surface area contributed by atoms with E-state index >= 15 is 0 Å². The van der Waals surface area contributed by atoms with Gasteiger partial charge in [-0.2, -0.15) is 0 Å². The van der Waals surface area contributed by atoms with Crippen LogP contribution in [0.3, 0.4) is 0 Å². The largest absolute Gasteiger partial charge is 0.298 e. The lowest BCUT2D eigenvalue weighted by atomic mass is 10.0. The molecule has 19 heavy (non-hydrogen) atoms. The predicted octanol–water partition coefficient (Wildman–Crippen LogP) is 2.89. The summed E-state index contributed by atoms with van der Waals surface area (Å²) in [5.41, 5.74) is 3.60. The highest BCUT2D eigenvalue weighted by Gasteiger charge is 1.99. The summed E-state index contributed by atoms with van der Waals surface area (Å²) in [6.45, 7) is 0. The van der Waals surface area contributed by atoms with Gasteiger partial charge in [0.25, 0.3) is 0 Å². The fraction of sp³-hybridized carbons (Fsp3) is 0.467. The summed E-state index contributed by atoms with van der Waals surface area (Å²) >= 11 is 0. The molecule has 1 amide bonds. The summed E-state index contributed by atoms with van der Waals surface area (Å²) in [5.74, 6) is -0.310. The molecule has 0 heterocycles. The van der Waals surface area contributed by atoms with Crippen LogP contribution in [0.1, 0.15) is 54.4 Å². The van der Waals surface area contributed by atoms with Gasteiger partial charge in [0.15, 0.2) is 0 Å². The maximum atomic E-state index is 10.8. The first-order chi connectivity index (χ1) is 9.26. The molecule has 0 saturated heterocycles. The lowest BCUT2D eigenvalue weighted by Gasteiger charge is -2.02. The monoisotopic (exact) mass is 263 g/mol. The number of aryl methyl sites for hydroxylation is 1. The zero-order chi connectivity index (χ0) is 13.9. The lowest BCUT2D eigenvalue weighted by molar-refractivity contribution is -0.129. The van der Waals surface area contributed by atoms with Crippen LogP contribution in [0.4, 0.5) is 0 Å². The number of hydrogen-bond acceptors (Lipinski definition) is 3. The van der Waals surface area contributed by atoms with Crippen molar-refractivity contribution in [2.75, 3.05) is 0 Å². The van der Waals surface area contributed by atoms with E-state index in [-0.39, 0.29) is 5.91 Å². The van der Waals surface area contributed by atoms with Crippen molar-refractivity contribution in [2.24, 2.45) is 0 Å². The smallest absolute Gasteiger partial charge is 0.243 e. The van der Waals surface area contributed by atoms with Crippen molar-refractivity contribution in [2.45, 2.75) is 44.9 Å². The van der Waals surface area contributed by atoms with Gasteiger partial charge in [-0.25, -0.2) is 5.48 Å². The van der Waals surface area contributed by atoms with Gasteiger partial charge in [-0.3, -0.25) is 14.8 Å². The Labute approximate surface area is 113 Å². The van der Waals surface area contributed by atoms with Crippen molar-refractivity contribution in [3.05, 3.63) is 35.4 Å². The first kappa shape index (κ1) is 15.4. The van der Waals surface area contributed by atoms with Gasteiger partial charge in [0.05, 0.1) is 0 Å². The third-order valence-electron chi connectivity index (χ3n) is 3.11. The standard InChI is InChI=1S/C15H21NO3/c17-12-14-10-8-13(9-11-14)6-4-2-1-3-5-7-15(18)16-19/h8-12,19H,1-7H2,(H,16,18). The van der Waals surface area contributed by atoms with E-state index in [1.165, 1.54) is 5.56 Å². The van der Waals surface area contributed by atoms with Crippen molar-refractivity contribution in [1.82, 2.24) is 5.48 Å². The Hall–Kier alpha value is -1.68. The topological polar surface area (TPSA) is 66.4 Å². The van der Waals surface area contributed by atoms with Crippen LogP contribution in [0.5, 0.6) is 0 Å². The number of nitrogens with one attached hydrogen (secondary N) is 1. The fourth-order valence-electron chi connectivity index (χ4n) is 1.96. The van der Waals surface area contributed by atoms with Crippen molar-refractivity contribution in [3.63, 3.8) is 0 Å². The van der Waals surface area contributed by atoms with Gasteiger partial charge in [-0.1, -0.05) is 43.5 Å². The zero-order valence-electron chi connectivity index (χ0n) is 11.1. The zero-order valence-corrected chi connectivity index (χ0v) is 11.1. The summed E-state index contributed by atoms with van der Waals surface area (Å²) in [6, 6.07) is 7.68. The number of carbonyl (C=O) groups excluding carboxylic acids is 2. The van der Waals surface area contributed by atoms with E-state index in [1.54, 1.807) is 5.48 Å². The highest BCUT2D eigenvalue weighted by atomic mass is 16.5. The molecular formula is C15H21NO3. The van der Waals surface area contributed by atoms with Crippen molar-refractivity contribution < 1.29 is 14.8 Å². The molecule has 0 atom stereocenters. The molecule has 0 spiro atoms. The SMILES string of the molecule is O=Cc1ccc(CCCCCCCC(=O)NO)cc1. The van der Waals surface area contributed by atoms with Gasteiger partial charge in [-0.05, 0) is 24.8 Å². The van der Waals surface area contributed by atoms with Gasteiger partial charge in [0.1, 0.15) is 6.29 Å². The first-order valence-electron chi connectivity index (χ1n) is 6.73. The molecule has 4 heteroatoms. The number of amides is 1. The van der Waals surface area contributed by atoms with Crippen molar-refractivity contribution in [1.29, 1.82) is 0 Å². The van der Waals surface area contributed by atoms with Gasteiger partial charge >= 0.3 is 0 Å². The van der Waals surface area contributed by atoms with Gasteiger partial charge < -0.3 is 0 Å². The normalized spacial score (nSPS) is 10.2. The van der Waals surface area contributed by atoms with Crippen molar-refractivity contribution >= 4 is 12.2 Å². The lowest BCUT2D eigenvalue weighted by Crippen LogP contribution is -2.17. The number of benzene rings is 1. The number of unbranched alkanes of at least 4 members (excludes halogenated alkanes) is 4. The highest BCUT2D eigenvalue weighted by molar-refractivity contribution is 5.74. The average Bonchev–Trinajstić information content (AvgIpc) is 2.46. The van der Waals surface area contributed by atoms with Crippen LogP contribution in [-0.4, -0.2) is 17.4 Å². The van der Waals surface area contributed by atoms with E-state index < -0.39 is 0 Å². The van der Waals surface area contributed by atoms with E-state index in [4.69, 9.17) is 5.21 Å². The minimum atomic E-state index is -0.310. The number of carbonyl (C=O) groups is 2. The third-order valence-corrected chi connectivity index (χ3v) is 3.11. The molecule has 2 N–H and O–H groups in total. The second-order valence-corrected chi connectivity index (χ2v) is 4.66. The third kappa shape index (κ3) is 6.72. The average molecular weight is 263 g/mol. The molecule has 0 radical (unpaired) electrons. The number of hydroxylamine groups is 1. The highest BCUT2D eigenvalue weighted by Crippen LogP contribution is 2.10. The molecule has 4 nitrogen and oxygen atoms in total. The quantitative estimate of drug-likeness (QED) is 0.311. The molecule has 0 fully saturated rings. The Balaban J connectivity index is 2.04. The predicted molar refractivity (Wildman–Crippen MR) is 73.2 cm³/mol.